The fourth-order valence-electron chi connectivity index (χ4n) is 2.99. The molecule has 3 rings (SSSR count). The molecule has 0 radical (unpaired) electrons. The minimum Gasteiger partial charge on any atom is -0.459 e. The van der Waals surface area contributed by atoms with Crippen LogP contribution < -0.4 is 5.32 Å². The molecule has 3 aromatic rings. The van der Waals surface area contributed by atoms with Gasteiger partial charge in [-0.3, -0.25) is 0 Å². The second kappa shape index (κ2) is 9.21. The van der Waals surface area contributed by atoms with Gasteiger partial charge in [-0.2, -0.15) is 0 Å². The molecule has 1 aromatic carbocycles. The number of hydrogen-bond acceptors (Lipinski definition) is 5. The van der Waals surface area contributed by atoms with E-state index in [1.165, 1.54) is 0 Å². The van der Waals surface area contributed by atoms with Crippen LogP contribution in [0.15, 0.2) is 39.1 Å². The zero-order valence-corrected chi connectivity index (χ0v) is 18.0. The summed E-state index contributed by atoms with van der Waals surface area (Å²) in [6.07, 6.45) is 0.0158. The Balaban J connectivity index is 1.74. The molecule has 28 heavy (non-hydrogen) atoms. The fraction of sp³-hybridized carbons (Fsp3) is 0.429. The zero-order valence-electron chi connectivity index (χ0n) is 17.2. The Hall–Kier alpha value is -2.38. The van der Waals surface area contributed by atoms with Crippen LogP contribution in [0.3, 0.4) is 0 Å². The van der Waals surface area contributed by atoms with Gasteiger partial charge in [0.15, 0.2) is 5.96 Å². The first-order chi connectivity index (χ1) is 13.5. The summed E-state index contributed by atoms with van der Waals surface area (Å²) in [7, 11) is 3.72. The molecule has 0 spiro atoms. The van der Waals surface area contributed by atoms with E-state index < -0.39 is 0 Å². The van der Waals surface area contributed by atoms with E-state index in [0.717, 1.165) is 45.5 Å². The first-order valence-corrected chi connectivity index (χ1v) is 10.3. The molecule has 0 amide bonds. The normalized spacial score (nSPS) is 13.1. The van der Waals surface area contributed by atoms with Crippen LogP contribution in [0.4, 0.5) is 0 Å². The van der Waals surface area contributed by atoms with Crippen molar-refractivity contribution in [1.29, 1.82) is 0 Å². The van der Waals surface area contributed by atoms with Crippen molar-refractivity contribution in [2.45, 2.75) is 40.0 Å². The van der Waals surface area contributed by atoms with Gasteiger partial charge in [0.05, 0.1) is 12.2 Å². The standard InChI is InChI=1S/C21H28N4O2S/c1-6-22-21(25(4)12-16-13-28-20(24-16)15(3)26-5)23-11-19-14(2)17-9-7-8-10-18(17)27-19/h7-10,13,15H,6,11-12H2,1-5H3,(H,22,23). The Morgan fingerprint density at radius 1 is 1.39 bits per heavy atom. The highest BCUT2D eigenvalue weighted by molar-refractivity contribution is 7.09. The lowest BCUT2D eigenvalue weighted by Gasteiger charge is -2.21. The average Bonchev–Trinajstić information content (AvgIpc) is 3.29. The van der Waals surface area contributed by atoms with Crippen LogP contribution in [-0.2, 0) is 17.8 Å². The molecule has 0 saturated heterocycles. The molecule has 1 N–H and O–H groups in total. The van der Waals surface area contributed by atoms with E-state index in [4.69, 9.17) is 14.1 Å². The third-order valence-corrected chi connectivity index (χ3v) is 5.74. The number of hydrogen-bond donors (Lipinski definition) is 1. The minimum atomic E-state index is 0.0158. The molecule has 7 heteroatoms. The third kappa shape index (κ3) is 4.54. The van der Waals surface area contributed by atoms with E-state index in [1.807, 2.05) is 32.2 Å². The molecule has 150 valence electrons. The van der Waals surface area contributed by atoms with E-state index in [2.05, 4.69) is 40.5 Å². The summed E-state index contributed by atoms with van der Waals surface area (Å²) in [5, 5.41) is 7.57. The number of para-hydroxylation sites is 1. The highest BCUT2D eigenvalue weighted by atomic mass is 32.1. The van der Waals surface area contributed by atoms with E-state index in [1.54, 1.807) is 18.4 Å². The lowest BCUT2D eigenvalue weighted by atomic mass is 10.1. The Labute approximate surface area is 170 Å². The number of aliphatic imine (C=N–C) groups is 1. The van der Waals surface area contributed by atoms with Crippen molar-refractivity contribution in [2.24, 2.45) is 4.99 Å². The number of nitrogens with one attached hydrogen (secondary N) is 1. The second-order valence-electron chi connectivity index (χ2n) is 6.73. The number of ether oxygens (including phenoxy) is 1. The van der Waals surface area contributed by atoms with Crippen molar-refractivity contribution in [3.63, 3.8) is 0 Å². The van der Waals surface area contributed by atoms with Crippen LogP contribution in [0.1, 0.15) is 42.0 Å². The Bertz CT molecular complexity index is 947. The molecule has 0 saturated carbocycles. The third-order valence-electron chi connectivity index (χ3n) is 4.68. The van der Waals surface area contributed by atoms with Crippen LogP contribution >= 0.6 is 11.3 Å². The molecular weight excluding hydrogens is 372 g/mol. The van der Waals surface area contributed by atoms with Crippen molar-refractivity contribution in [2.75, 3.05) is 20.7 Å². The molecule has 2 heterocycles. The number of guanidine groups is 1. The lowest BCUT2D eigenvalue weighted by Crippen LogP contribution is -2.38. The number of benzene rings is 1. The lowest BCUT2D eigenvalue weighted by molar-refractivity contribution is 0.119. The van der Waals surface area contributed by atoms with Crippen LogP contribution in [0.2, 0.25) is 0 Å². The van der Waals surface area contributed by atoms with Crippen LogP contribution in [0.25, 0.3) is 11.0 Å². The van der Waals surface area contributed by atoms with Crippen molar-refractivity contribution < 1.29 is 9.15 Å². The first kappa shape index (κ1) is 20.4. The maximum absolute atomic E-state index is 5.99. The van der Waals surface area contributed by atoms with Crippen LogP contribution in [-0.4, -0.2) is 36.5 Å². The monoisotopic (exact) mass is 400 g/mol. The summed E-state index contributed by atoms with van der Waals surface area (Å²) >= 11 is 1.63. The van der Waals surface area contributed by atoms with Crippen molar-refractivity contribution in [1.82, 2.24) is 15.2 Å². The topological polar surface area (TPSA) is 62.9 Å². The molecule has 0 fully saturated rings. The van der Waals surface area contributed by atoms with E-state index in [0.29, 0.717) is 13.1 Å². The van der Waals surface area contributed by atoms with Gasteiger partial charge >= 0.3 is 0 Å². The van der Waals surface area contributed by atoms with Gasteiger partial charge in [0.1, 0.15) is 29.0 Å². The molecule has 6 nitrogen and oxygen atoms in total. The Morgan fingerprint density at radius 3 is 2.89 bits per heavy atom. The molecule has 0 bridgehead atoms. The molecule has 2 aromatic heterocycles. The number of methoxy groups -OCH3 is 1. The largest absolute Gasteiger partial charge is 0.459 e. The summed E-state index contributed by atoms with van der Waals surface area (Å²) in [5.74, 6) is 1.73. The minimum absolute atomic E-state index is 0.0158. The summed E-state index contributed by atoms with van der Waals surface area (Å²) in [4.78, 5) is 11.5. The van der Waals surface area contributed by atoms with Gasteiger partial charge in [0.2, 0.25) is 0 Å². The summed E-state index contributed by atoms with van der Waals surface area (Å²) in [6, 6.07) is 8.10. The predicted molar refractivity (Wildman–Crippen MR) is 115 cm³/mol. The number of furan rings is 1. The average molecular weight is 401 g/mol. The molecule has 0 aliphatic rings. The number of aryl methyl sites for hydroxylation is 1. The number of fused-ring (bicyclic) bond motifs is 1. The van der Waals surface area contributed by atoms with E-state index in [-0.39, 0.29) is 6.10 Å². The second-order valence-corrected chi connectivity index (χ2v) is 7.62. The number of nitrogens with zero attached hydrogens (tertiary/aromatic N) is 3. The van der Waals surface area contributed by atoms with Gasteiger partial charge < -0.3 is 19.4 Å². The molecular formula is C21H28N4O2S. The maximum atomic E-state index is 5.99. The number of thiazole rings is 1. The SMILES string of the molecule is CCNC(=NCc1oc2ccccc2c1C)N(C)Cc1csc(C(C)OC)n1. The fourth-order valence-corrected chi connectivity index (χ4v) is 3.83. The highest BCUT2D eigenvalue weighted by Crippen LogP contribution is 2.25. The molecule has 0 aliphatic heterocycles. The van der Waals surface area contributed by atoms with Gasteiger partial charge in [-0.25, -0.2) is 9.98 Å². The van der Waals surface area contributed by atoms with E-state index >= 15 is 0 Å². The smallest absolute Gasteiger partial charge is 0.194 e. The van der Waals surface area contributed by atoms with Gasteiger partial charge in [-0.15, -0.1) is 11.3 Å². The molecule has 1 atom stereocenters. The number of rotatable bonds is 7. The molecule has 0 aliphatic carbocycles. The first-order valence-electron chi connectivity index (χ1n) is 9.47. The van der Waals surface area contributed by atoms with Crippen molar-refractivity contribution in [3.05, 3.63) is 51.7 Å². The van der Waals surface area contributed by atoms with Gasteiger partial charge in [0, 0.05) is 37.0 Å². The van der Waals surface area contributed by atoms with Crippen LogP contribution in [0, 0.1) is 6.92 Å². The van der Waals surface area contributed by atoms with Gasteiger partial charge in [-0.1, -0.05) is 18.2 Å². The quantitative estimate of drug-likeness (QED) is 0.467. The number of aromatic nitrogens is 1. The zero-order chi connectivity index (χ0) is 20.1. The highest BCUT2D eigenvalue weighted by Gasteiger charge is 2.14. The van der Waals surface area contributed by atoms with Gasteiger partial charge in [-0.05, 0) is 26.8 Å². The maximum Gasteiger partial charge on any atom is 0.194 e. The summed E-state index contributed by atoms with van der Waals surface area (Å²) in [6.45, 7) is 8.13. The van der Waals surface area contributed by atoms with Gasteiger partial charge in [0.25, 0.3) is 0 Å². The van der Waals surface area contributed by atoms with Crippen molar-refractivity contribution in [3.8, 4) is 0 Å². The summed E-state index contributed by atoms with van der Waals surface area (Å²) in [5.41, 5.74) is 3.07. The van der Waals surface area contributed by atoms with Crippen molar-refractivity contribution >= 4 is 28.3 Å². The predicted octanol–water partition coefficient (Wildman–Crippen LogP) is 4.50. The van der Waals surface area contributed by atoms with E-state index in [9.17, 15) is 0 Å². The molecule has 1 unspecified atom stereocenters. The summed E-state index contributed by atoms with van der Waals surface area (Å²) < 4.78 is 11.3. The Kier molecular flexibility index (Phi) is 6.70. The van der Waals surface area contributed by atoms with Crippen LogP contribution in [0.5, 0.6) is 0 Å². The Morgan fingerprint density at radius 2 is 2.18 bits per heavy atom.